The largest absolute Gasteiger partial charge is 0.482 e. The smallest absolute Gasteiger partial charge is 0.263 e. The predicted molar refractivity (Wildman–Crippen MR) is 71.0 cm³/mol. The van der Waals surface area contributed by atoms with Crippen LogP contribution in [0.1, 0.15) is 11.4 Å². The molecule has 0 atom stereocenters. The van der Waals surface area contributed by atoms with E-state index in [0.29, 0.717) is 11.6 Å². The molecule has 0 fully saturated rings. The molecule has 19 heavy (non-hydrogen) atoms. The highest BCUT2D eigenvalue weighted by atomic mass is 16.5. The molecule has 6 nitrogen and oxygen atoms in total. The first-order valence-electron chi connectivity index (χ1n) is 5.91. The predicted octanol–water partition coefficient (Wildman–Crippen LogP) is 1.45. The summed E-state index contributed by atoms with van der Waals surface area (Å²) in [5.74, 6) is 1.03. The molecule has 0 aliphatic carbocycles. The fourth-order valence-electron chi connectivity index (χ4n) is 1.67. The minimum Gasteiger partial charge on any atom is -0.482 e. The number of rotatable bonds is 4. The van der Waals surface area contributed by atoms with Crippen molar-refractivity contribution in [1.29, 1.82) is 0 Å². The summed E-state index contributed by atoms with van der Waals surface area (Å²) in [6, 6.07) is 5.35. The number of pyridine rings is 1. The van der Waals surface area contributed by atoms with Gasteiger partial charge in [-0.05, 0) is 26.0 Å². The Labute approximate surface area is 111 Å². The van der Waals surface area contributed by atoms with Crippen molar-refractivity contribution in [3.8, 4) is 5.75 Å². The van der Waals surface area contributed by atoms with E-state index >= 15 is 0 Å². The maximum absolute atomic E-state index is 11.8. The first-order valence-corrected chi connectivity index (χ1v) is 5.91. The van der Waals surface area contributed by atoms with Crippen molar-refractivity contribution >= 4 is 11.7 Å². The van der Waals surface area contributed by atoms with Crippen LogP contribution < -0.4 is 10.1 Å². The zero-order valence-electron chi connectivity index (χ0n) is 11.2. The molecule has 2 aromatic heterocycles. The van der Waals surface area contributed by atoms with E-state index in [-0.39, 0.29) is 12.5 Å². The molecule has 0 bridgehead atoms. The van der Waals surface area contributed by atoms with Crippen LogP contribution in [0.15, 0.2) is 24.4 Å². The third-order valence-corrected chi connectivity index (χ3v) is 2.59. The second-order valence-corrected chi connectivity index (χ2v) is 4.22. The summed E-state index contributed by atoms with van der Waals surface area (Å²) in [5, 5.41) is 6.88. The summed E-state index contributed by atoms with van der Waals surface area (Å²) in [7, 11) is 1.77. The van der Waals surface area contributed by atoms with Gasteiger partial charge in [-0.1, -0.05) is 0 Å². The van der Waals surface area contributed by atoms with Crippen LogP contribution in [0.2, 0.25) is 0 Å². The van der Waals surface area contributed by atoms with Crippen LogP contribution in [0.3, 0.4) is 0 Å². The molecule has 2 aromatic rings. The van der Waals surface area contributed by atoms with E-state index in [1.165, 1.54) is 0 Å². The van der Waals surface area contributed by atoms with Gasteiger partial charge in [0.15, 0.2) is 6.61 Å². The van der Waals surface area contributed by atoms with Gasteiger partial charge in [0, 0.05) is 19.3 Å². The van der Waals surface area contributed by atoms with E-state index in [1.807, 2.05) is 13.8 Å². The molecule has 0 aromatic carbocycles. The number of nitrogens with zero attached hydrogens (tertiary/aromatic N) is 3. The van der Waals surface area contributed by atoms with Gasteiger partial charge in [-0.2, -0.15) is 5.10 Å². The number of amides is 1. The standard InChI is InChI=1S/C13H16N4O2/c1-9-7-12(17(3)16-9)15-13(18)8-19-11-5-4-6-14-10(11)2/h4-7H,8H2,1-3H3,(H,15,18). The minimum atomic E-state index is -0.230. The van der Waals surface area contributed by atoms with Crippen LogP contribution >= 0.6 is 0 Å². The highest BCUT2D eigenvalue weighted by Crippen LogP contribution is 2.13. The second-order valence-electron chi connectivity index (χ2n) is 4.22. The van der Waals surface area contributed by atoms with E-state index < -0.39 is 0 Å². The van der Waals surface area contributed by atoms with Crippen molar-refractivity contribution in [3.63, 3.8) is 0 Å². The van der Waals surface area contributed by atoms with Gasteiger partial charge in [-0.15, -0.1) is 0 Å². The van der Waals surface area contributed by atoms with Crippen molar-refractivity contribution in [2.45, 2.75) is 13.8 Å². The number of carbonyl (C=O) groups excluding carboxylic acids is 1. The van der Waals surface area contributed by atoms with Crippen LogP contribution in [0.5, 0.6) is 5.75 Å². The number of carbonyl (C=O) groups is 1. The molecule has 0 aliphatic heterocycles. The molecule has 2 heterocycles. The molecule has 0 saturated carbocycles. The molecule has 1 N–H and O–H groups in total. The Bertz CT molecular complexity index is 592. The lowest BCUT2D eigenvalue weighted by Gasteiger charge is -2.08. The maximum Gasteiger partial charge on any atom is 0.263 e. The fourth-order valence-corrected chi connectivity index (χ4v) is 1.67. The van der Waals surface area contributed by atoms with Gasteiger partial charge in [0.2, 0.25) is 0 Å². The monoisotopic (exact) mass is 260 g/mol. The van der Waals surface area contributed by atoms with E-state index in [2.05, 4.69) is 15.4 Å². The first kappa shape index (κ1) is 13.1. The van der Waals surface area contributed by atoms with Crippen molar-refractivity contribution in [2.24, 2.45) is 7.05 Å². The molecule has 1 amide bonds. The molecule has 0 radical (unpaired) electrons. The first-order chi connectivity index (χ1) is 9.06. The van der Waals surface area contributed by atoms with Crippen molar-refractivity contribution in [3.05, 3.63) is 35.8 Å². The van der Waals surface area contributed by atoms with Gasteiger partial charge in [-0.25, -0.2) is 0 Å². The van der Waals surface area contributed by atoms with Crippen molar-refractivity contribution < 1.29 is 9.53 Å². The zero-order chi connectivity index (χ0) is 13.8. The topological polar surface area (TPSA) is 69.0 Å². The van der Waals surface area contributed by atoms with Crippen LogP contribution in [-0.2, 0) is 11.8 Å². The number of hydrogen-bond acceptors (Lipinski definition) is 4. The quantitative estimate of drug-likeness (QED) is 0.903. The molecular formula is C13H16N4O2. The van der Waals surface area contributed by atoms with Gasteiger partial charge in [0.05, 0.1) is 11.4 Å². The summed E-state index contributed by atoms with van der Waals surface area (Å²) in [6.45, 7) is 3.64. The molecular weight excluding hydrogens is 244 g/mol. The van der Waals surface area contributed by atoms with Gasteiger partial charge in [0.25, 0.3) is 5.91 Å². The summed E-state index contributed by atoms with van der Waals surface area (Å²) < 4.78 is 7.03. The Morgan fingerprint density at radius 3 is 2.89 bits per heavy atom. The number of anilines is 1. The average Bonchev–Trinajstić information content (AvgIpc) is 2.67. The SMILES string of the molecule is Cc1cc(NC(=O)COc2cccnc2C)n(C)n1. The fraction of sp³-hybridized carbons (Fsp3) is 0.308. The second kappa shape index (κ2) is 5.51. The van der Waals surface area contributed by atoms with E-state index in [1.54, 1.807) is 36.1 Å². The summed E-state index contributed by atoms with van der Waals surface area (Å²) >= 11 is 0. The Morgan fingerprint density at radius 1 is 1.47 bits per heavy atom. The van der Waals surface area contributed by atoms with E-state index in [9.17, 15) is 4.79 Å². The molecule has 0 saturated heterocycles. The number of aromatic nitrogens is 3. The van der Waals surface area contributed by atoms with Crippen molar-refractivity contribution in [1.82, 2.24) is 14.8 Å². The number of aryl methyl sites for hydroxylation is 3. The summed E-state index contributed by atoms with van der Waals surface area (Å²) in [6.07, 6.45) is 1.68. The van der Waals surface area contributed by atoms with E-state index in [4.69, 9.17) is 4.74 Å². The molecule has 0 unspecified atom stereocenters. The Morgan fingerprint density at radius 2 is 2.26 bits per heavy atom. The lowest BCUT2D eigenvalue weighted by Crippen LogP contribution is -2.21. The maximum atomic E-state index is 11.8. The van der Waals surface area contributed by atoms with Crippen LogP contribution in [0, 0.1) is 13.8 Å². The Hall–Kier alpha value is -2.37. The Balaban J connectivity index is 1.92. The van der Waals surface area contributed by atoms with Gasteiger partial charge in [0.1, 0.15) is 11.6 Å². The normalized spacial score (nSPS) is 10.3. The Kier molecular flexibility index (Phi) is 3.79. The highest BCUT2D eigenvalue weighted by Gasteiger charge is 2.08. The minimum absolute atomic E-state index is 0.0588. The third kappa shape index (κ3) is 3.31. The van der Waals surface area contributed by atoms with Crippen LogP contribution in [-0.4, -0.2) is 27.3 Å². The molecule has 0 aliphatic rings. The van der Waals surface area contributed by atoms with Gasteiger partial charge >= 0.3 is 0 Å². The van der Waals surface area contributed by atoms with Crippen LogP contribution in [0.25, 0.3) is 0 Å². The molecule has 0 spiro atoms. The zero-order valence-corrected chi connectivity index (χ0v) is 11.2. The van der Waals surface area contributed by atoms with Crippen LogP contribution in [0.4, 0.5) is 5.82 Å². The molecule has 6 heteroatoms. The van der Waals surface area contributed by atoms with Crippen molar-refractivity contribution in [2.75, 3.05) is 11.9 Å². The third-order valence-electron chi connectivity index (χ3n) is 2.59. The van der Waals surface area contributed by atoms with Gasteiger partial charge < -0.3 is 10.1 Å². The molecule has 2 rings (SSSR count). The summed E-state index contributed by atoms with van der Waals surface area (Å²) in [4.78, 5) is 15.8. The molecule has 100 valence electrons. The number of nitrogens with one attached hydrogen (secondary N) is 1. The summed E-state index contributed by atoms with van der Waals surface area (Å²) in [5.41, 5.74) is 1.61. The number of ether oxygens (including phenoxy) is 1. The lowest BCUT2D eigenvalue weighted by atomic mass is 10.3. The number of hydrogen-bond donors (Lipinski definition) is 1. The lowest BCUT2D eigenvalue weighted by molar-refractivity contribution is -0.118. The average molecular weight is 260 g/mol. The van der Waals surface area contributed by atoms with E-state index in [0.717, 1.165) is 11.4 Å². The van der Waals surface area contributed by atoms with Gasteiger partial charge in [-0.3, -0.25) is 14.5 Å². The highest BCUT2D eigenvalue weighted by molar-refractivity contribution is 5.91.